The van der Waals surface area contributed by atoms with E-state index in [1.54, 1.807) is 12.1 Å². The van der Waals surface area contributed by atoms with Crippen LogP contribution in [0.4, 0.5) is 0 Å². The summed E-state index contributed by atoms with van der Waals surface area (Å²) in [7, 11) is -1.19. The largest absolute Gasteiger partial charge is 0.368 e. The zero-order valence-electron chi connectivity index (χ0n) is 27.2. The van der Waals surface area contributed by atoms with E-state index in [-0.39, 0.29) is 11.5 Å². The van der Waals surface area contributed by atoms with Gasteiger partial charge in [-0.2, -0.15) is 12.7 Å². The highest BCUT2D eigenvalue weighted by molar-refractivity contribution is 7.87. The van der Waals surface area contributed by atoms with Crippen molar-refractivity contribution in [1.29, 1.82) is 0 Å². The van der Waals surface area contributed by atoms with Crippen molar-refractivity contribution < 1.29 is 18.0 Å². The molecule has 47 heavy (non-hydrogen) atoms. The van der Waals surface area contributed by atoms with E-state index in [1.165, 1.54) is 44.6 Å². The number of fused-ring (bicyclic) bond motifs is 5. The first kappa shape index (κ1) is 31.4. The van der Waals surface area contributed by atoms with E-state index < -0.39 is 16.1 Å². The second-order valence-corrected chi connectivity index (χ2v) is 15.2. The van der Waals surface area contributed by atoms with E-state index in [9.17, 15) is 18.0 Å². The normalized spacial score (nSPS) is 18.8. The van der Waals surface area contributed by atoms with Crippen LogP contribution in [-0.4, -0.2) is 79.2 Å². The van der Waals surface area contributed by atoms with Gasteiger partial charge in [-0.15, -0.1) is 0 Å². The summed E-state index contributed by atoms with van der Waals surface area (Å²) < 4.78 is 30.4. The molecule has 10 heteroatoms. The third kappa shape index (κ3) is 6.05. The molecule has 9 nitrogen and oxygen atoms in total. The van der Waals surface area contributed by atoms with Crippen molar-refractivity contribution in [3.63, 3.8) is 0 Å². The summed E-state index contributed by atoms with van der Waals surface area (Å²) in [5.41, 5.74) is 7.52. The van der Waals surface area contributed by atoms with E-state index in [2.05, 4.69) is 50.6 Å². The minimum absolute atomic E-state index is 0.0347. The van der Waals surface area contributed by atoms with Gasteiger partial charge in [0.2, 0.25) is 0 Å². The molecule has 2 amide bonds. The van der Waals surface area contributed by atoms with Crippen molar-refractivity contribution in [2.75, 3.05) is 40.3 Å². The fourth-order valence-corrected chi connectivity index (χ4v) is 8.16. The number of amides is 2. The maximum Gasteiger partial charge on any atom is 0.303 e. The van der Waals surface area contributed by atoms with Crippen molar-refractivity contribution in [3.8, 4) is 11.3 Å². The summed E-state index contributed by atoms with van der Waals surface area (Å²) in [5.74, 6) is -0.289. The summed E-state index contributed by atoms with van der Waals surface area (Å²) in [4.78, 5) is 31.9. The van der Waals surface area contributed by atoms with Crippen LogP contribution in [0.15, 0.2) is 72.0 Å². The fraction of sp³-hybridized carbons (Fsp3) is 0.405. The van der Waals surface area contributed by atoms with Crippen molar-refractivity contribution in [2.45, 2.75) is 57.4 Å². The van der Waals surface area contributed by atoms with Gasteiger partial charge >= 0.3 is 10.2 Å². The third-order valence-corrected chi connectivity index (χ3v) is 11.5. The Morgan fingerprint density at radius 2 is 1.70 bits per heavy atom. The van der Waals surface area contributed by atoms with Crippen LogP contribution < -0.4 is 4.72 Å². The summed E-state index contributed by atoms with van der Waals surface area (Å²) in [6, 6.07) is 13.8. The van der Waals surface area contributed by atoms with Gasteiger partial charge in [0.15, 0.2) is 0 Å². The van der Waals surface area contributed by atoms with Crippen LogP contribution in [0.1, 0.15) is 72.3 Å². The Labute approximate surface area is 277 Å². The lowest BCUT2D eigenvalue weighted by Gasteiger charge is -2.37. The van der Waals surface area contributed by atoms with Crippen LogP contribution in [0.3, 0.4) is 0 Å². The molecular weight excluding hydrogens is 611 g/mol. The molecule has 2 aliphatic carbocycles. The molecule has 4 aliphatic rings. The molecule has 2 fully saturated rings. The summed E-state index contributed by atoms with van der Waals surface area (Å²) >= 11 is 0. The average molecular weight is 654 g/mol. The van der Waals surface area contributed by atoms with Crippen molar-refractivity contribution in [1.82, 2.24) is 23.4 Å². The minimum atomic E-state index is -3.96. The zero-order chi connectivity index (χ0) is 32.7. The molecule has 2 aromatic carbocycles. The minimum Gasteiger partial charge on any atom is -0.368 e. The Hall–Kier alpha value is -4.15. The highest BCUT2D eigenvalue weighted by atomic mass is 32.2. The maximum absolute atomic E-state index is 14.3. The first-order chi connectivity index (χ1) is 22.7. The molecule has 0 spiro atoms. The Balaban J connectivity index is 1.29. The Morgan fingerprint density at radius 3 is 2.43 bits per heavy atom. The smallest absolute Gasteiger partial charge is 0.303 e. The van der Waals surface area contributed by atoms with Crippen LogP contribution in [-0.2, 0) is 21.5 Å². The van der Waals surface area contributed by atoms with Gasteiger partial charge in [-0.1, -0.05) is 61.7 Å². The highest BCUT2D eigenvalue weighted by Gasteiger charge is 2.32. The Bertz CT molecular complexity index is 1920. The fourth-order valence-electron chi connectivity index (χ4n) is 7.62. The molecular formula is C37H43N5O4S. The lowest BCUT2D eigenvalue weighted by molar-refractivity contribution is -0.128. The van der Waals surface area contributed by atoms with Crippen LogP contribution in [0.2, 0.25) is 0 Å². The number of aromatic nitrogens is 1. The zero-order valence-corrected chi connectivity index (χ0v) is 28.1. The first-order valence-corrected chi connectivity index (χ1v) is 18.3. The molecule has 1 saturated carbocycles. The van der Waals surface area contributed by atoms with Crippen LogP contribution in [0.25, 0.3) is 28.2 Å². The Kier molecular flexibility index (Phi) is 8.57. The van der Waals surface area contributed by atoms with Gasteiger partial charge < -0.3 is 14.4 Å². The molecule has 246 valence electrons. The number of piperazine rings is 1. The molecule has 2 aliphatic heterocycles. The van der Waals surface area contributed by atoms with Crippen molar-refractivity contribution in [2.24, 2.45) is 0 Å². The Morgan fingerprint density at radius 1 is 0.936 bits per heavy atom. The predicted octanol–water partition coefficient (Wildman–Crippen LogP) is 5.67. The number of nitrogens with one attached hydrogen (secondary N) is 1. The van der Waals surface area contributed by atoms with Gasteiger partial charge in [-0.05, 0) is 67.0 Å². The van der Waals surface area contributed by atoms with Crippen molar-refractivity contribution >= 4 is 39.0 Å². The number of hydrogen-bond acceptors (Lipinski definition) is 5. The van der Waals surface area contributed by atoms with Gasteiger partial charge in [-0.3, -0.25) is 9.59 Å². The molecule has 1 aromatic heterocycles. The molecule has 3 heterocycles. The molecule has 0 radical (unpaired) electrons. The number of carbonyl (C=O) groups is 2. The predicted molar refractivity (Wildman–Crippen MR) is 186 cm³/mol. The second-order valence-electron chi connectivity index (χ2n) is 13.3. The molecule has 0 bridgehead atoms. The maximum atomic E-state index is 14.3. The van der Waals surface area contributed by atoms with E-state index in [0.717, 1.165) is 70.8 Å². The first-order valence-electron chi connectivity index (χ1n) is 16.8. The number of allylic oxidation sites excluding steroid dienone is 3. The second kappa shape index (κ2) is 12.8. The molecule has 0 atom stereocenters. The highest BCUT2D eigenvalue weighted by Crippen LogP contribution is 2.46. The van der Waals surface area contributed by atoms with Crippen LogP contribution in [0.5, 0.6) is 0 Å². The summed E-state index contributed by atoms with van der Waals surface area (Å²) in [5, 5.41) is 1.06. The number of nitrogens with zero attached hydrogens (tertiary/aromatic N) is 4. The number of hydrogen-bond donors (Lipinski definition) is 1. The number of carbonyl (C=O) groups excluding carboxylic acids is 2. The van der Waals surface area contributed by atoms with Gasteiger partial charge in [0.25, 0.3) is 11.8 Å². The summed E-state index contributed by atoms with van der Waals surface area (Å²) in [6.07, 6.45) is 16.6. The molecule has 7 rings (SSSR count). The third-order valence-electron chi connectivity index (χ3n) is 10.1. The van der Waals surface area contributed by atoms with Gasteiger partial charge in [0.1, 0.15) is 0 Å². The van der Waals surface area contributed by atoms with E-state index >= 15 is 0 Å². The lowest BCUT2D eigenvalue weighted by atomic mass is 9.81. The van der Waals surface area contributed by atoms with Crippen LogP contribution in [0, 0.1) is 0 Å². The molecule has 1 saturated heterocycles. The SMILES string of the molecule is CN(C)S(=O)(=O)NC(=O)c1ccc2c(C3CCCCC3)c3n(c2c1)CC(C(=O)N1CCN(C2=CCCC=C2)CC1)=Cc1ccccc1-3. The standard InChI is InChI=1S/C37H43N5O4S/c1-39(2)47(45,46)38-36(43)28-17-18-32-33(24-28)42-25-29(37(44)41-21-19-40(20-22-41)30-14-7-4-8-15-30)23-27-13-9-10-16-31(27)35(42)34(32)26-11-5-3-6-12-26/h7,9-10,13-18,23-24,26H,3-6,8,11-12,19-22,25H2,1-2H3,(H,38,43). The van der Waals surface area contributed by atoms with Crippen LogP contribution >= 0.6 is 0 Å². The summed E-state index contributed by atoms with van der Waals surface area (Å²) in [6.45, 7) is 3.26. The van der Waals surface area contributed by atoms with E-state index in [1.807, 2.05) is 23.1 Å². The molecule has 0 unspecified atom stereocenters. The van der Waals surface area contributed by atoms with Crippen molar-refractivity contribution in [3.05, 3.63) is 88.7 Å². The quantitative estimate of drug-likeness (QED) is 0.370. The van der Waals surface area contributed by atoms with Gasteiger partial charge in [0.05, 0.1) is 12.2 Å². The topological polar surface area (TPSA) is 95.0 Å². The van der Waals surface area contributed by atoms with Gasteiger partial charge in [0, 0.05) is 73.6 Å². The molecule has 3 aromatic rings. The van der Waals surface area contributed by atoms with Gasteiger partial charge in [-0.25, -0.2) is 4.72 Å². The monoisotopic (exact) mass is 653 g/mol. The number of benzene rings is 2. The average Bonchev–Trinajstić information content (AvgIpc) is 3.30. The molecule has 1 N–H and O–H groups in total. The number of rotatable bonds is 6. The van der Waals surface area contributed by atoms with E-state index in [4.69, 9.17) is 0 Å². The van der Waals surface area contributed by atoms with E-state index in [0.29, 0.717) is 31.1 Å². The lowest BCUT2D eigenvalue weighted by Crippen LogP contribution is -2.48.